The van der Waals surface area contributed by atoms with E-state index in [-0.39, 0.29) is 17.9 Å². The fraction of sp³-hybridized carbons (Fsp3) is 0.615. The normalized spacial score (nSPS) is 22.9. The lowest BCUT2D eigenvalue weighted by molar-refractivity contribution is 0.0929. The molecule has 2 heterocycles. The maximum atomic E-state index is 12.2. The van der Waals surface area contributed by atoms with E-state index in [9.17, 15) is 9.90 Å². The molecule has 2 unspecified atom stereocenters. The average molecular weight is 283 g/mol. The SMILES string of the molecule is CN(C)Cc1ccsc1C(=O)NCC1CNCC1O. The first-order valence-electron chi connectivity index (χ1n) is 6.46. The standard InChI is InChI=1S/C13H21N3O2S/c1-16(2)8-9-3-4-19-12(9)13(18)15-6-10-5-14-7-11(10)17/h3-4,10-11,14,17H,5-8H2,1-2H3,(H,15,18). The van der Waals surface area contributed by atoms with Crippen molar-refractivity contribution in [3.8, 4) is 0 Å². The summed E-state index contributed by atoms with van der Waals surface area (Å²) in [6.45, 7) is 2.66. The van der Waals surface area contributed by atoms with Gasteiger partial charge >= 0.3 is 0 Å². The molecule has 106 valence electrons. The van der Waals surface area contributed by atoms with Crippen LogP contribution in [0, 0.1) is 5.92 Å². The number of nitrogens with zero attached hydrogens (tertiary/aromatic N) is 1. The Hall–Kier alpha value is -0.950. The molecule has 1 aromatic rings. The van der Waals surface area contributed by atoms with E-state index < -0.39 is 0 Å². The van der Waals surface area contributed by atoms with Crippen LogP contribution in [0.5, 0.6) is 0 Å². The van der Waals surface area contributed by atoms with Crippen molar-refractivity contribution in [2.45, 2.75) is 12.6 Å². The van der Waals surface area contributed by atoms with Gasteiger partial charge in [-0.3, -0.25) is 4.79 Å². The van der Waals surface area contributed by atoms with Gasteiger partial charge in [0.1, 0.15) is 0 Å². The first-order valence-corrected chi connectivity index (χ1v) is 7.34. The summed E-state index contributed by atoms with van der Waals surface area (Å²) in [4.78, 5) is 15.0. The minimum atomic E-state index is -0.357. The molecule has 1 saturated heterocycles. The van der Waals surface area contributed by atoms with Crippen LogP contribution in [0.4, 0.5) is 0 Å². The molecule has 0 radical (unpaired) electrons. The Morgan fingerprint density at radius 3 is 3.00 bits per heavy atom. The summed E-state index contributed by atoms with van der Waals surface area (Å²) in [7, 11) is 3.97. The molecular weight excluding hydrogens is 262 g/mol. The van der Waals surface area contributed by atoms with Gasteiger partial charge in [0.2, 0.25) is 0 Å². The highest BCUT2D eigenvalue weighted by molar-refractivity contribution is 7.12. The zero-order valence-electron chi connectivity index (χ0n) is 11.3. The number of nitrogens with one attached hydrogen (secondary N) is 2. The van der Waals surface area contributed by atoms with Gasteiger partial charge in [-0.15, -0.1) is 11.3 Å². The third-order valence-corrected chi connectivity index (χ3v) is 4.22. The van der Waals surface area contributed by atoms with Gasteiger partial charge in [-0.2, -0.15) is 0 Å². The highest BCUT2D eigenvalue weighted by Crippen LogP contribution is 2.18. The Bertz CT molecular complexity index is 433. The number of carbonyl (C=O) groups is 1. The first kappa shape index (κ1) is 14.5. The summed E-state index contributed by atoms with van der Waals surface area (Å²) in [6, 6.07) is 1.99. The molecular formula is C13H21N3O2S. The van der Waals surface area contributed by atoms with E-state index in [0.29, 0.717) is 13.1 Å². The van der Waals surface area contributed by atoms with Crippen LogP contribution in [-0.4, -0.2) is 55.7 Å². The Labute approximate surface area is 117 Å². The molecule has 1 amide bonds. The second kappa shape index (κ2) is 6.47. The van der Waals surface area contributed by atoms with Crippen molar-refractivity contribution in [3.05, 3.63) is 21.9 Å². The zero-order valence-corrected chi connectivity index (χ0v) is 12.2. The van der Waals surface area contributed by atoms with E-state index in [2.05, 4.69) is 10.6 Å². The second-order valence-corrected chi connectivity index (χ2v) is 6.12. The number of amides is 1. The van der Waals surface area contributed by atoms with Gasteiger partial charge in [0, 0.05) is 32.1 Å². The molecule has 2 rings (SSSR count). The molecule has 0 bridgehead atoms. The number of rotatable bonds is 5. The van der Waals surface area contributed by atoms with Gasteiger partial charge in [0.25, 0.3) is 5.91 Å². The molecule has 0 spiro atoms. The van der Waals surface area contributed by atoms with E-state index in [1.165, 1.54) is 11.3 Å². The minimum absolute atomic E-state index is 0.0362. The molecule has 1 aliphatic rings. The monoisotopic (exact) mass is 283 g/mol. The molecule has 0 aliphatic carbocycles. The number of thiophene rings is 1. The third kappa shape index (κ3) is 3.76. The first-order chi connectivity index (χ1) is 9.08. The van der Waals surface area contributed by atoms with Gasteiger partial charge in [-0.05, 0) is 31.1 Å². The maximum Gasteiger partial charge on any atom is 0.261 e. The molecule has 0 saturated carbocycles. The van der Waals surface area contributed by atoms with Gasteiger partial charge in [-0.25, -0.2) is 0 Å². The molecule has 1 aromatic heterocycles. The number of hydrogen-bond donors (Lipinski definition) is 3. The van der Waals surface area contributed by atoms with Crippen LogP contribution in [0.15, 0.2) is 11.4 Å². The van der Waals surface area contributed by atoms with Crippen molar-refractivity contribution in [3.63, 3.8) is 0 Å². The Morgan fingerprint density at radius 1 is 1.58 bits per heavy atom. The van der Waals surface area contributed by atoms with Crippen LogP contribution >= 0.6 is 11.3 Å². The number of carbonyl (C=O) groups excluding carboxylic acids is 1. The summed E-state index contributed by atoms with van der Waals surface area (Å²) >= 11 is 1.47. The summed E-state index contributed by atoms with van der Waals surface area (Å²) < 4.78 is 0. The average Bonchev–Trinajstić information content (AvgIpc) is 2.95. The highest BCUT2D eigenvalue weighted by atomic mass is 32.1. The van der Waals surface area contributed by atoms with Gasteiger partial charge < -0.3 is 20.6 Å². The van der Waals surface area contributed by atoms with Gasteiger partial charge in [0.15, 0.2) is 0 Å². The topological polar surface area (TPSA) is 64.6 Å². The zero-order chi connectivity index (χ0) is 13.8. The minimum Gasteiger partial charge on any atom is -0.391 e. The lowest BCUT2D eigenvalue weighted by Crippen LogP contribution is -2.34. The number of hydrogen-bond acceptors (Lipinski definition) is 5. The lowest BCUT2D eigenvalue weighted by atomic mass is 10.1. The lowest BCUT2D eigenvalue weighted by Gasteiger charge is -2.15. The predicted octanol–water partition coefficient (Wildman–Crippen LogP) is 0.120. The van der Waals surface area contributed by atoms with Crippen LogP contribution < -0.4 is 10.6 Å². The molecule has 0 aromatic carbocycles. The summed E-state index contributed by atoms with van der Waals surface area (Å²) in [6.07, 6.45) is -0.357. The van der Waals surface area contributed by atoms with Gasteiger partial charge in [-0.1, -0.05) is 0 Å². The van der Waals surface area contributed by atoms with E-state index in [4.69, 9.17) is 0 Å². The van der Waals surface area contributed by atoms with Crippen molar-refractivity contribution in [1.82, 2.24) is 15.5 Å². The fourth-order valence-electron chi connectivity index (χ4n) is 2.23. The van der Waals surface area contributed by atoms with Crippen LogP contribution in [0.3, 0.4) is 0 Å². The van der Waals surface area contributed by atoms with E-state index in [1.54, 1.807) is 0 Å². The Kier molecular flexibility index (Phi) is 4.93. The quantitative estimate of drug-likeness (QED) is 0.718. The molecule has 1 fully saturated rings. The summed E-state index contributed by atoms with van der Waals surface area (Å²) in [5, 5.41) is 17.7. The van der Waals surface area contributed by atoms with Crippen LogP contribution in [0.1, 0.15) is 15.2 Å². The molecule has 3 N–H and O–H groups in total. The summed E-state index contributed by atoms with van der Waals surface area (Å²) in [5.74, 6) is 0.0761. The molecule has 19 heavy (non-hydrogen) atoms. The van der Waals surface area contributed by atoms with Crippen LogP contribution in [0.2, 0.25) is 0 Å². The predicted molar refractivity (Wildman–Crippen MR) is 76.4 cm³/mol. The molecule has 1 aliphatic heterocycles. The van der Waals surface area contributed by atoms with Crippen molar-refractivity contribution >= 4 is 17.2 Å². The van der Waals surface area contributed by atoms with Crippen LogP contribution in [0.25, 0.3) is 0 Å². The van der Waals surface area contributed by atoms with Crippen molar-refractivity contribution in [2.75, 3.05) is 33.7 Å². The van der Waals surface area contributed by atoms with Crippen molar-refractivity contribution < 1.29 is 9.90 Å². The third-order valence-electron chi connectivity index (χ3n) is 3.27. The van der Waals surface area contributed by atoms with Crippen molar-refractivity contribution in [1.29, 1.82) is 0 Å². The highest BCUT2D eigenvalue weighted by Gasteiger charge is 2.25. The second-order valence-electron chi connectivity index (χ2n) is 5.21. The number of aliphatic hydroxyl groups excluding tert-OH is 1. The van der Waals surface area contributed by atoms with Gasteiger partial charge in [0.05, 0.1) is 11.0 Å². The van der Waals surface area contributed by atoms with Crippen LogP contribution in [-0.2, 0) is 6.54 Å². The molecule has 5 nitrogen and oxygen atoms in total. The largest absolute Gasteiger partial charge is 0.391 e. The maximum absolute atomic E-state index is 12.2. The summed E-state index contributed by atoms with van der Waals surface area (Å²) in [5.41, 5.74) is 1.05. The number of aliphatic hydroxyl groups is 1. The molecule has 6 heteroatoms. The van der Waals surface area contributed by atoms with Crippen molar-refractivity contribution in [2.24, 2.45) is 5.92 Å². The van der Waals surface area contributed by atoms with E-state index in [1.807, 2.05) is 30.4 Å². The fourth-order valence-corrected chi connectivity index (χ4v) is 3.06. The number of β-amino-alcohol motifs (C(OH)–C–C–N with tert-alkyl or cyclic N) is 1. The molecule has 2 atom stereocenters. The smallest absolute Gasteiger partial charge is 0.261 e. The van der Waals surface area contributed by atoms with E-state index >= 15 is 0 Å². The van der Waals surface area contributed by atoms with E-state index in [0.717, 1.165) is 23.5 Å². The Balaban J connectivity index is 1.91. The Morgan fingerprint density at radius 2 is 2.37 bits per heavy atom.